The highest BCUT2D eigenvalue weighted by atomic mass is 32.1. The third-order valence-electron chi connectivity index (χ3n) is 5.51. The van der Waals surface area contributed by atoms with E-state index in [1.165, 1.54) is 38.9 Å². The van der Waals surface area contributed by atoms with Crippen LogP contribution < -0.4 is 5.56 Å². The van der Waals surface area contributed by atoms with Crippen LogP contribution in [0.4, 0.5) is 0 Å². The molecule has 27 heavy (non-hydrogen) atoms. The molecule has 2 aromatic heterocycles. The molecule has 3 heterocycles. The Morgan fingerprint density at radius 1 is 1.26 bits per heavy atom. The molecule has 140 valence electrons. The van der Waals surface area contributed by atoms with Crippen molar-refractivity contribution < 1.29 is 4.79 Å². The summed E-state index contributed by atoms with van der Waals surface area (Å²) in [6.07, 6.45) is 3.39. The molecule has 4 rings (SSSR count). The molecule has 0 bridgehead atoms. The number of benzene rings is 1. The van der Waals surface area contributed by atoms with E-state index in [1.54, 1.807) is 0 Å². The fourth-order valence-electron chi connectivity index (χ4n) is 3.67. The smallest absolute Gasteiger partial charge is 0.262 e. The SMILES string of the molecule is CCc1ccc2c(c1)CCN(C(=O)Cn1cnc3sc(C)c(C)c3c1=O)C2. The average molecular weight is 382 g/mol. The Hall–Kier alpha value is -2.47. The summed E-state index contributed by atoms with van der Waals surface area (Å²) < 4.78 is 1.44. The summed E-state index contributed by atoms with van der Waals surface area (Å²) in [5.41, 5.74) is 4.72. The quantitative estimate of drug-likeness (QED) is 0.700. The minimum Gasteiger partial charge on any atom is -0.336 e. The normalized spacial score (nSPS) is 13.8. The van der Waals surface area contributed by atoms with Crippen molar-refractivity contribution in [1.82, 2.24) is 14.5 Å². The van der Waals surface area contributed by atoms with Crippen molar-refractivity contribution in [3.05, 3.63) is 62.0 Å². The molecule has 6 heteroatoms. The highest BCUT2D eigenvalue weighted by Gasteiger charge is 2.22. The first kappa shape index (κ1) is 17.9. The number of aromatic nitrogens is 2. The van der Waals surface area contributed by atoms with Crippen molar-refractivity contribution in [2.24, 2.45) is 0 Å². The fraction of sp³-hybridized carbons (Fsp3) is 0.381. The largest absolute Gasteiger partial charge is 0.336 e. The van der Waals surface area contributed by atoms with Gasteiger partial charge in [-0.1, -0.05) is 25.1 Å². The Morgan fingerprint density at radius 2 is 2.07 bits per heavy atom. The molecule has 1 aliphatic heterocycles. The molecule has 3 aromatic rings. The van der Waals surface area contributed by atoms with Crippen molar-refractivity contribution in [3.63, 3.8) is 0 Å². The van der Waals surface area contributed by atoms with Crippen LogP contribution in [0.3, 0.4) is 0 Å². The summed E-state index contributed by atoms with van der Waals surface area (Å²) in [5.74, 6) is -0.0342. The molecule has 5 nitrogen and oxygen atoms in total. The van der Waals surface area contributed by atoms with Crippen LogP contribution >= 0.6 is 11.3 Å². The Kier molecular flexibility index (Phi) is 4.60. The summed E-state index contributed by atoms with van der Waals surface area (Å²) >= 11 is 1.52. The molecule has 0 N–H and O–H groups in total. The summed E-state index contributed by atoms with van der Waals surface area (Å²) in [6, 6.07) is 6.52. The molecule has 0 radical (unpaired) electrons. The molecule has 1 aliphatic rings. The van der Waals surface area contributed by atoms with Crippen LogP contribution in [0.1, 0.15) is 34.1 Å². The van der Waals surface area contributed by atoms with Gasteiger partial charge in [-0.05, 0) is 48.9 Å². The molecule has 0 fully saturated rings. The fourth-order valence-corrected chi connectivity index (χ4v) is 4.65. The zero-order valence-corrected chi connectivity index (χ0v) is 16.7. The highest BCUT2D eigenvalue weighted by Crippen LogP contribution is 2.25. The Bertz CT molecular complexity index is 1100. The Balaban J connectivity index is 1.56. The molecular weight excluding hydrogens is 358 g/mol. The van der Waals surface area contributed by atoms with Gasteiger partial charge in [0.25, 0.3) is 5.56 Å². The van der Waals surface area contributed by atoms with Gasteiger partial charge >= 0.3 is 0 Å². The third-order valence-corrected chi connectivity index (χ3v) is 6.62. The molecule has 0 atom stereocenters. The van der Waals surface area contributed by atoms with Gasteiger partial charge in [0, 0.05) is 18.0 Å². The maximum absolute atomic E-state index is 12.8. The van der Waals surface area contributed by atoms with Crippen LogP contribution in [0.5, 0.6) is 0 Å². The van der Waals surface area contributed by atoms with E-state index in [4.69, 9.17) is 0 Å². The second-order valence-electron chi connectivity index (χ2n) is 7.16. The van der Waals surface area contributed by atoms with Crippen LogP contribution in [0, 0.1) is 13.8 Å². The number of nitrogens with zero attached hydrogens (tertiary/aromatic N) is 3. The van der Waals surface area contributed by atoms with Gasteiger partial charge in [0.05, 0.1) is 11.7 Å². The zero-order valence-electron chi connectivity index (χ0n) is 15.9. The lowest BCUT2D eigenvalue weighted by Crippen LogP contribution is -2.39. The number of carbonyl (C=O) groups is 1. The van der Waals surface area contributed by atoms with Crippen LogP contribution in [0.2, 0.25) is 0 Å². The predicted octanol–water partition coefficient (Wildman–Crippen LogP) is 3.22. The van der Waals surface area contributed by atoms with E-state index in [1.807, 2.05) is 18.7 Å². The topological polar surface area (TPSA) is 55.2 Å². The van der Waals surface area contributed by atoms with Crippen molar-refractivity contribution in [2.45, 2.75) is 46.7 Å². The first-order valence-electron chi connectivity index (χ1n) is 9.31. The van der Waals surface area contributed by atoms with Gasteiger partial charge in [-0.3, -0.25) is 14.2 Å². The van der Waals surface area contributed by atoms with E-state index < -0.39 is 0 Å². The molecular formula is C21H23N3O2S. The van der Waals surface area contributed by atoms with Gasteiger partial charge in [-0.25, -0.2) is 4.98 Å². The monoisotopic (exact) mass is 381 g/mol. The van der Waals surface area contributed by atoms with Gasteiger partial charge < -0.3 is 4.90 Å². The van der Waals surface area contributed by atoms with E-state index in [2.05, 4.69) is 30.1 Å². The molecule has 0 saturated heterocycles. The highest BCUT2D eigenvalue weighted by molar-refractivity contribution is 7.18. The molecule has 0 unspecified atom stereocenters. The number of aryl methyl sites for hydroxylation is 3. The number of rotatable bonds is 3. The van der Waals surface area contributed by atoms with Crippen LogP contribution in [-0.4, -0.2) is 26.9 Å². The maximum Gasteiger partial charge on any atom is 0.262 e. The molecule has 0 saturated carbocycles. The second kappa shape index (κ2) is 6.93. The lowest BCUT2D eigenvalue weighted by molar-refractivity contribution is -0.132. The van der Waals surface area contributed by atoms with Crippen LogP contribution in [0.15, 0.2) is 29.3 Å². The minimum atomic E-state index is -0.125. The average Bonchev–Trinajstić information content (AvgIpc) is 2.97. The van der Waals surface area contributed by atoms with Gasteiger partial charge in [-0.2, -0.15) is 0 Å². The molecule has 1 aromatic carbocycles. The summed E-state index contributed by atoms with van der Waals surface area (Å²) in [7, 11) is 0. The van der Waals surface area contributed by atoms with Gasteiger partial charge in [0.2, 0.25) is 5.91 Å². The molecule has 0 spiro atoms. The third kappa shape index (κ3) is 3.18. The van der Waals surface area contributed by atoms with Gasteiger partial charge in [-0.15, -0.1) is 11.3 Å². The van der Waals surface area contributed by atoms with E-state index in [0.717, 1.165) is 28.1 Å². The Morgan fingerprint density at radius 3 is 2.85 bits per heavy atom. The lowest BCUT2D eigenvalue weighted by atomic mass is 9.96. The molecule has 0 aliphatic carbocycles. The lowest BCUT2D eigenvalue weighted by Gasteiger charge is -2.29. The second-order valence-corrected chi connectivity index (χ2v) is 8.37. The first-order valence-corrected chi connectivity index (χ1v) is 10.1. The van der Waals surface area contributed by atoms with Crippen molar-refractivity contribution in [1.29, 1.82) is 0 Å². The zero-order chi connectivity index (χ0) is 19.1. The minimum absolute atomic E-state index is 0.0342. The van der Waals surface area contributed by atoms with E-state index in [9.17, 15) is 9.59 Å². The summed E-state index contributed by atoms with van der Waals surface area (Å²) in [4.78, 5) is 33.7. The van der Waals surface area contributed by atoms with Gasteiger partial charge in [0.15, 0.2) is 0 Å². The summed E-state index contributed by atoms with van der Waals surface area (Å²) in [5, 5.41) is 0.642. The number of thiophene rings is 1. The summed E-state index contributed by atoms with van der Waals surface area (Å²) in [6.45, 7) is 7.43. The predicted molar refractivity (Wildman–Crippen MR) is 108 cm³/mol. The van der Waals surface area contributed by atoms with E-state index in [-0.39, 0.29) is 18.0 Å². The van der Waals surface area contributed by atoms with E-state index in [0.29, 0.717) is 18.5 Å². The van der Waals surface area contributed by atoms with Crippen molar-refractivity contribution in [2.75, 3.05) is 6.54 Å². The number of fused-ring (bicyclic) bond motifs is 2. The number of hydrogen-bond acceptors (Lipinski definition) is 4. The molecule has 1 amide bonds. The first-order chi connectivity index (χ1) is 13.0. The Labute approximate surface area is 162 Å². The van der Waals surface area contributed by atoms with E-state index >= 15 is 0 Å². The number of amides is 1. The maximum atomic E-state index is 12.8. The number of carbonyl (C=O) groups excluding carboxylic acids is 1. The van der Waals surface area contributed by atoms with Crippen LogP contribution in [0.25, 0.3) is 10.2 Å². The van der Waals surface area contributed by atoms with Gasteiger partial charge in [0.1, 0.15) is 11.4 Å². The van der Waals surface area contributed by atoms with Crippen molar-refractivity contribution in [3.8, 4) is 0 Å². The van der Waals surface area contributed by atoms with Crippen molar-refractivity contribution >= 4 is 27.5 Å². The standard InChI is InChI=1S/C21H23N3O2S/c1-4-15-5-6-17-10-23(8-7-16(17)9-15)18(25)11-24-12-22-20-19(21(24)26)13(2)14(3)27-20/h5-6,9,12H,4,7-8,10-11H2,1-3H3. The van der Waals surface area contributed by atoms with Crippen LogP contribution in [-0.2, 0) is 30.7 Å². The number of hydrogen-bond donors (Lipinski definition) is 0.